The fourth-order valence-corrected chi connectivity index (χ4v) is 0.867. The van der Waals surface area contributed by atoms with Gasteiger partial charge in [0, 0.05) is 6.07 Å². The van der Waals surface area contributed by atoms with Gasteiger partial charge in [-0.15, -0.1) is 11.3 Å². The highest BCUT2D eigenvalue weighted by Crippen LogP contribution is 2.05. The first kappa shape index (κ1) is 5.31. The van der Waals surface area contributed by atoms with Crippen LogP contribution in [-0.4, -0.2) is 11.1 Å². The van der Waals surface area contributed by atoms with Crippen molar-refractivity contribution < 1.29 is 9.90 Å². The molecule has 1 rings (SSSR count). The number of carboxylic acid groups (broad SMARTS) is 1. The number of hydrogen-bond acceptors (Lipinski definition) is 2. The van der Waals surface area contributed by atoms with Crippen molar-refractivity contribution in [2.75, 3.05) is 0 Å². The van der Waals surface area contributed by atoms with Gasteiger partial charge in [-0.3, -0.25) is 0 Å². The second-order valence-corrected chi connectivity index (χ2v) is 2.12. The van der Waals surface area contributed by atoms with E-state index in [2.05, 4.69) is 6.07 Å². The summed E-state index contributed by atoms with van der Waals surface area (Å²) in [4.78, 5) is 10.3. The first-order valence-corrected chi connectivity index (χ1v) is 2.87. The molecule has 0 spiro atoms. The quantitative estimate of drug-likeness (QED) is 0.616. The topological polar surface area (TPSA) is 37.3 Å². The van der Waals surface area contributed by atoms with Crippen molar-refractivity contribution in [2.45, 2.75) is 0 Å². The van der Waals surface area contributed by atoms with Crippen molar-refractivity contribution in [1.29, 1.82) is 0 Å². The number of hydrogen-bond donors (Lipinski definition) is 1. The predicted octanol–water partition coefficient (Wildman–Crippen LogP) is 1.25. The number of carboxylic acids is 1. The molecular formula is C5H3O2S. The molecule has 1 N–H and O–H groups in total. The predicted molar refractivity (Wildman–Crippen MR) is 30.1 cm³/mol. The summed E-state index contributed by atoms with van der Waals surface area (Å²) in [5, 5.41) is 9.94. The van der Waals surface area contributed by atoms with E-state index in [1.54, 1.807) is 11.4 Å². The van der Waals surface area contributed by atoms with E-state index < -0.39 is 5.97 Å². The summed E-state index contributed by atoms with van der Waals surface area (Å²) in [6, 6.07) is 4.15. The molecule has 0 unspecified atom stereocenters. The molecule has 1 radical (unpaired) electrons. The molecule has 0 saturated carbocycles. The lowest BCUT2D eigenvalue weighted by molar-refractivity contribution is 0.0702. The molecule has 41 valence electrons. The minimum atomic E-state index is -0.903. The highest BCUT2D eigenvalue weighted by atomic mass is 32.1. The Kier molecular flexibility index (Phi) is 1.30. The van der Waals surface area contributed by atoms with Gasteiger partial charge in [0.15, 0.2) is 0 Å². The van der Waals surface area contributed by atoms with E-state index in [4.69, 9.17) is 5.11 Å². The summed E-state index contributed by atoms with van der Waals surface area (Å²) in [6.45, 7) is 0. The van der Waals surface area contributed by atoms with E-state index in [0.29, 0.717) is 0 Å². The van der Waals surface area contributed by atoms with Crippen LogP contribution in [0.15, 0.2) is 11.4 Å². The molecule has 1 heterocycles. The second kappa shape index (κ2) is 1.96. The van der Waals surface area contributed by atoms with Crippen LogP contribution in [0.1, 0.15) is 9.67 Å². The Morgan fingerprint density at radius 3 is 2.88 bits per heavy atom. The number of thiophene rings is 1. The Hall–Kier alpha value is -0.830. The van der Waals surface area contributed by atoms with Crippen molar-refractivity contribution in [3.63, 3.8) is 0 Å². The molecule has 0 aliphatic carbocycles. The minimum Gasteiger partial charge on any atom is -0.477 e. The van der Waals surface area contributed by atoms with Gasteiger partial charge in [0.25, 0.3) is 0 Å². The average Bonchev–Trinajstić information content (AvgIpc) is 2.12. The molecule has 0 bridgehead atoms. The smallest absolute Gasteiger partial charge is 0.346 e. The van der Waals surface area contributed by atoms with E-state index in [9.17, 15) is 4.79 Å². The van der Waals surface area contributed by atoms with Gasteiger partial charge in [-0.05, 0) is 11.4 Å². The van der Waals surface area contributed by atoms with Crippen LogP contribution in [0.25, 0.3) is 0 Å². The summed E-state index contributed by atoms with van der Waals surface area (Å²) in [5.74, 6) is -0.903. The summed E-state index contributed by atoms with van der Waals surface area (Å²) in [5.41, 5.74) is 0. The van der Waals surface area contributed by atoms with Crippen LogP contribution in [-0.2, 0) is 0 Å². The molecule has 0 aromatic carbocycles. The Labute approximate surface area is 50.4 Å². The van der Waals surface area contributed by atoms with Crippen molar-refractivity contribution in [2.24, 2.45) is 0 Å². The van der Waals surface area contributed by atoms with Crippen LogP contribution in [0.3, 0.4) is 0 Å². The van der Waals surface area contributed by atoms with E-state index in [-0.39, 0.29) is 4.88 Å². The zero-order valence-corrected chi connectivity index (χ0v) is 4.73. The fourth-order valence-electron chi connectivity index (χ4n) is 0.358. The van der Waals surface area contributed by atoms with Crippen LogP contribution in [0.4, 0.5) is 0 Å². The van der Waals surface area contributed by atoms with Gasteiger partial charge in [-0.25, -0.2) is 4.79 Å². The monoisotopic (exact) mass is 127 g/mol. The summed E-state index contributed by atoms with van der Waals surface area (Å²) >= 11 is 1.18. The maximum absolute atomic E-state index is 10.0. The van der Waals surface area contributed by atoms with Gasteiger partial charge < -0.3 is 5.11 Å². The van der Waals surface area contributed by atoms with E-state index >= 15 is 0 Å². The van der Waals surface area contributed by atoms with Crippen LogP contribution in [0.5, 0.6) is 0 Å². The summed E-state index contributed by atoms with van der Waals surface area (Å²) < 4.78 is 0. The number of carbonyl (C=O) groups is 1. The third kappa shape index (κ3) is 0.869. The molecule has 2 nitrogen and oxygen atoms in total. The largest absolute Gasteiger partial charge is 0.477 e. The lowest BCUT2D eigenvalue weighted by Gasteiger charge is -1.77. The molecule has 3 heteroatoms. The Morgan fingerprint density at radius 1 is 1.88 bits per heavy atom. The molecule has 0 fully saturated rings. The maximum atomic E-state index is 10.0. The molecule has 0 amide bonds. The van der Waals surface area contributed by atoms with Crippen LogP contribution < -0.4 is 0 Å². The first-order chi connectivity index (χ1) is 3.80. The lowest BCUT2D eigenvalue weighted by Crippen LogP contribution is -1.89. The fraction of sp³-hybridized carbons (Fsp3) is 0. The van der Waals surface area contributed by atoms with Gasteiger partial charge in [-0.2, -0.15) is 0 Å². The van der Waals surface area contributed by atoms with Gasteiger partial charge in [-0.1, -0.05) is 0 Å². The van der Waals surface area contributed by atoms with E-state index in [0.717, 1.165) is 0 Å². The zero-order valence-electron chi connectivity index (χ0n) is 3.92. The highest BCUT2D eigenvalue weighted by molar-refractivity contribution is 7.11. The normalized spacial score (nSPS) is 9.00. The molecule has 0 saturated heterocycles. The Morgan fingerprint density at radius 2 is 2.62 bits per heavy atom. The molecule has 8 heavy (non-hydrogen) atoms. The first-order valence-electron chi connectivity index (χ1n) is 1.99. The molecule has 1 aromatic heterocycles. The summed E-state index contributed by atoms with van der Waals surface area (Å²) in [7, 11) is 0. The van der Waals surface area contributed by atoms with Crippen molar-refractivity contribution in [3.05, 3.63) is 22.4 Å². The second-order valence-electron chi connectivity index (χ2n) is 1.20. The van der Waals surface area contributed by atoms with Gasteiger partial charge >= 0.3 is 5.97 Å². The molecule has 1 aromatic rings. The molecule has 0 atom stereocenters. The third-order valence-corrected chi connectivity index (χ3v) is 1.46. The van der Waals surface area contributed by atoms with Crippen molar-refractivity contribution in [3.8, 4) is 0 Å². The average molecular weight is 127 g/mol. The van der Waals surface area contributed by atoms with E-state index in [1.165, 1.54) is 11.3 Å². The highest BCUT2D eigenvalue weighted by Gasteiger charge is 2.00. The van der Waals surface area contributed by atoms with Crippen LogP contribution in [0, 0.1) is 6.07 Å². The molecule has 0 aliphatic rings. The molecular weight excluding hydrogens is 124 g/mol. The number of rotatable bonds is 1. The van der Waals surface area contributed by atoms with Crippen LogP contribution >= 0.6 is 11.3 Å². The van der Waals surface area contributed by atoms with Crippen molar-refractivity contribution >= 4 is 17.3 Å². The Bertz CT molecular complexity index is 178. The maximum Gasteiger partial charge on any atom is 0.346 e. The van der Waals surface area contributed by atoms with Crippen molar-refractivity contribution in [1.82, 2.24) is 0 Å². The standard InChI is InChI=1S/C5H3O2S/c6-5(7)4-2-1-3-8-4/h1,3H,(H,6,7). The van der Waals surface area contributed by atoms with Gasteiger partial charge in [0.1, 0.15) is 4.88 Å². The zero-order chi connectivity index (χ0) is 5.98. The van der Waals surface area contributed by atoms with Gasteiger partial charge in [0.2, 0.25) is 0 Å². The number of aromatic carboxylic acids is 1. The van der Waals surface area contributed by atoms with E-state index in [1.807, 2.05) is 0 Å². The third-order valence-electron chi connectivity index (χ3n) is 0.663. The Balaban J connectivity index is 2.93. The van der Waals surface area contributed by atoms with Crippen LogP contribution in [0.2, 0.25) is 0 Å². The summed E-state index contributed by atoms with van der Waals surface area (Å²) in [6.07, 6.45) is 0. The SMILES string of the molecule is O=C(O)c1[c]ccs1. The lowest BCUT2D eigenvalue weighted by atomic mass is 10.5. The molecule has 0 aliphatic heterocycles. The minimum absolute atomic E-state index is 0.269. The van der Waals surface area contributed by atoms with Gasteiger partial charge in [0.05, 0.1) is 0 Å².